The van der Waals surface area contributed by atoms with E-state index in [-0.39, 0.29) is 18.1 Å². The molecule has 1 aliphatic rings. The van der Waals surface area contributed by atoms with Crippen LogP contribution in [0.4, 0.5) is 10.1 Å². The lowest BCUT2D eigenvalue weighted by Gasteiger charge is -2.21. The minimum Gasteiger partial charge on any atom is -0.389 e. The molecule has 2 N–H and O–H groups in total. The lowest BCUT2D eigenvalue weighted by molar-refractivity contribution is -0.120. The lowest BCUT2D eigenvalue weighted by Crippen LogP contribution is -2.30. The van der Waals surface area contributed by atoms with Crippen LogP contribution in [0.3, 0.4) is 0 Å². The summed E-state index contributed by atoms with van der Waals surface area (Å²) in [6, 6.07) is 5.59. The van der Waals surface area contributed by atoms with E-state index >= 15 is 0 Å². The predicted molar refractivity (Wildman–Crippen MR) is 63.1 cm³/mol. The molecule has 17 heavy (non-hydrogen) atoms. The largest absolute Gasteiger partial charge is 0.389 e. The van der Waals surface area contributed by atoms with Crippen molar-refractivity contribution >= 4 is 11.6 Å². The molecule has 0 aromatic heterocycles. The number of rotatable bonds is 3. The number of aliphatic hydroxyl groups is 1. The van der Waals surface area contributed by atoms with Crippen molar-refractivity contribution in [1.82, 2.24) is 0 Å². The second-order valence-corrected chi connectivity index (χ2v) is 4.66. The van der Waals surface area contributed by atoms with Crippen LogP contribution >= 0.6 is 0 Å². The van der Waals surface area contributed by atoms with E-state index in [1.165, 1.54) is 24.3 Å². The van der Waals surface area contributed by atoms with Crippen molar-refractivity contribution in [1.29, 1.82) is 0 Å². The summed E-state index contributed by atoms with van der Waals surface area (Å²) in [5, 5.41) is 12.7. The van der Waals surface area contributed by atoms with Crippen molar-refractivity contribution in [3.8, 4) is 0 Å². The Labute approximate surface area is 99.7 Å². The molecular weight excluding hydrogens is 221 g/mol. The highest BCUT2D eigenvalue weighted by molar-refractivity contribution is 5.91. The molecule has 0 radical (unpaired) electrons. The Kier molecular flexibility index (Phi) is 3.43. The van der Waals surface area contributed by atoms with Crippen LogP contribution in [-0.4, -0.2) is 16.6 Å². The van der Waals surface area contributed by atoms with Gasteiger partial charge in [0.2, 0.25) is 5.91 Å². The van der Waals surface area contributed by atoms with Crippen molar-refractivity contribution in [2.45, 2.75) is 37.7 Å². The molecule has 92 valence electrons. The normalized spacial score (nSPS) is 18.0. The third-order valence-electron chi connectivity index (χ3n) is 3.15. The summed E-state index contributed by atoms with van der Waals surface area (Å²) in [5.74, 6) is -0.557. The third-order valence-corrected chi connectivity index (χ3v) is 3.15. The van der Waals surface area contributed by atoms with Gasteiger partial charge in [0.25, 0.3) is 0 Å². The average molecular weight is 237 g/mol. The highest BCUT2D eigenvalue weighted by Crippen LogP contribution is 2.32. The molecular formula is C13H16FNO2. The van der Waals surface area contributed by atoms with Gasteiger partial charge >= 0.3 is 0 Å². The Balaban J connectivity index is 1.91. The van der Waals surface area contributed by atoms with E-state index in [0.717, 1.165) is 12.8 Å². The number of benzene rings is 1. The van der Waals surface area contributed by atoms with Gasteiger partial charge in [-0.2, -0.15) is 0 Å². The molecule has 3 nitrogen and oxygen atoms in total. The molecule has 0 unspecified atom stereocenters. The molecule has 0 aliphatic heterocycles. The number of amides is 1. The highest BCUT2D eigenvalue weighted by Gasteiger charge is 2.33. The maximum Gasteiger partial charge on any atom is 0.227 e. The zero-order valence-corrected chi connectivity index (χ0v) is 9.58. The molecule has 0 saturated heterocycles. The van der Waals surface area contributed by atoms with E-state index in [1.807, 2.05) is 0 Å². The van der Waals surface area contributed by atoms with Crippen LogP contribution in [0.5, 0.6) is 0 Å². The van der Waals surface area contributed by atoms with Crippen LogP contribution in [0.15, 0.2) is 24.3 Å². The molecule has 1 aromatic carbocycles. The highest BCUT2D eigenvalue weighted by atomic mass is 19.1. The number of anilines is 1. The molecule has 1 aliphatic carbocycles. The van der Waals surface area contributed by atoms with Crippen LogP contribution < -0.4 is 5.32 Å². The molecule has 1 fully saturated rings. The first-order chi connectivity index (χ1) is 8.07. The third kappa shape index (κ3) is 3.27. The Morgan fingerprint density at radius 1 is 1.29 bits per heavy atom. The maximum atomic E-state index is 12.7. The molecule has 0 heterocycles. The fraction of sp³-hybridized carbons (Fsp3) is 0.462. The van der Waals surface area contributed by atoms with Crippen LogP contribution in [0.1, 0.15) is 32.1 Å². The lowest BCUT2D eigenvalue weighted by atomic mass is 9.97. The van der Waals surface area contributed by atoms with Gasteiger partial charge in [-0.3, -0.25) is 4.79 Å². The minimum absolute atomic E-state index is 0.115. The Bertz CT molecular complexity index is 396. The van der Waals surface area contributed by atoms with Crippen molar-refractivity contribution in [2.75, 3.05) is 5.32 Å². The Hall–Kier alpha value is -1.42. The number of carbonyl (C=O) groups excluding carboxylic acids is 1. The fourth-order valence-electron chi connectivity index (χ4n) is 2.25. The molecule has 0 spiro atoms. The van der Waals surface area contributed by atoms with Crippen LogP contribution in [-0.2, 0) is 4.79 Å². The number of carbonyl (C=O) groups is 1. The first kappa shape index (κ1) is 12.0. The van der Waals surface area contributed by atoms with E-state index in [1.54, 1.807) is 0 Å². The zero-order valence-electron chi connectivity index (χ0n) is 9.58. The number of nitrogens with one attached hydrogen (secondary N) is 1. The average Bonchev–Trinajstić information content (AvgIpc) is 2.68. The number of hydrogen-bond acceptors (Lipinski definition) is 2. The van der Waals surface area contributed by atoms with Crippen molar-refractivity contribution in [3.63, 3.8) is 0 Å². The van der Waals surface area contributed by atoms with E-state index in [4.69, 9.17) is 0 Å². The first-order valence-corrected chi connectivity index (χ1v) is 5.85. The molecule has 1 saturated carbocycles. The van der Waals surface area contributed by atoms with Crippen molar-refractivity contribution in [3.05, 3.63) is 30.1 Å². The summed E-state index contributed by atoms with van der Waals surface area (Å²) >= 11 is 0. The molecule has 0 atom stereocenters. The molecule has 1 amide bonds. The van der Waals surface area contributed by atoms with Gasteiger partial charge in [-0.1, -0.05) is 12.8 Å². The topological polar surface area (TPSA) is 49.3 Å². The fourth-order valence-corrected chi connectivity index (χ4v) is 2.25. The van der Waals surface area contributed by atoms with Crippen LogP contribution in [0.25, 0.3) is 0 Å². The summed E-state index contributed by atoms with van der Waals surface area (Å²) in [6.45, 7) is 0. The van der Waals surface area contributed by atoms with E-state index in [0.29, 0.717) is 18.5 Å². The van der Waals surface area contributed by atoms with Gasteiger partial charge < -0.3 is 10.4 Å². The monoisotopic (exact) mass is 237 g/mol. The van der Waals surface area contributed by atoms with Gasteiger partial charge in [0, 0.05) is 5.69 Å². The van der Waals surface area contributed by atoms with E-state index in [2.05, 4.69) is 5.32 Å². The van der Waals surface area contributed by atoms with Gasteiger partial charge in [0.15, 0.2) is 0 Å². The Morgan fingerprint density at radius 3 is 2.47 bits per heavy atom. The van der Waals surface area contributed by atoms with E-state index in [9.17, 15) is 14.3 Å². The van der Waals surface area contributed by atoms with Gasteiger partial charge in [-0.25, -0.2) is 4.39 Å². The second kappa shape index (κ2) is 4.84. The van der Waals surface area contributed by atoms with Crippen molar-refractivity contribution in [2.24, 2.45) is 0 Å². The number of hydrogen-bond donors (Lipinski definition) is 2. The summed E-state index contributed by atoms with van der Waals surface area (Å²) in [7, 11) is 0. The predicted octanol–water partition coefficient (Wildman–Crippen LogP) is 2.46. The van der Waals surface area contributed by atoms with Crippen molar-refractivity contribution < 1.29 is 14.3 Å². The standard InChI is InChI=1S/C13H16FNO2/c14-10-3-5-11(6-4-10)15-12(16)9-13(17)7-1-2-8-13/h3-6,17H,1-2,7-9H2,(H,15,16). The molecule has 1 aromatic rings. The SMILES string of the molecule is O=C(CC1(O)CCCC1)Nc1ccc(F)cc1. The molecule has 0 bridgehead atoms. The van der Waals surface area contributed by atoms with Crippen LogP contribution in [0, 0.1) is 5.82 Å². The van der Waals surface area contributed by atoms with Gasteiger partial charge in [-0.15, -0.1) is 0 Å². The summed E-state index contributed by atoms with van der Waals surface area (Å²) in [6.07, 6.45) is 3.43. The second-order valence-electron chi connectivity index (χ2n) is 4.66. The molecule has 2 rings (SSSR count). The summed E-state index contributed by atoms with van der Waals surface area (Å²) in [4.78, 5) is 11.7. The smallest absolute Gasteiger partial charge is 0.227 e. The first-order valence-electron chi connectivity index (χ1n) is 5.85. The zero-order chi connectivity index (χ0) is 12.3. The minimum atomic E-state index is -0.843. The molecule has 4 heteroatoms. The van der Waals surface area contributed by atoms with E-state index < -0.39 is 5.60 Å². The van der Waals surface area contributed by atoms with Crippen LogP contribution in [0.2, 0.25) is 0 Å². The Morgan fingerprint density at radius 2 is 1.88 bits per heavy atom. The number of halogens is 1. The quantitative estimate of drug-likeness (QED) is 0.848. The summed E-state index contributed by atoms with van der Waals surface area (Å²) < 4.78 is 12.7. The summed E-state index contributed by atoms with van der Waals surface area (Å²) in [5.41, 5.74) is -0.289. The maximum absolute atomic E-state index is 12.7. The van der Waals surface area contributed by atoms with Gasteiger partial charge in [0.05, 0.1) is 12.0 Å². The van der Waals surface area contributed by atoms with Gasteiger partial charge in [-0.05, 0) is 37.1 Å². The van der Waals surface area contributed by atoms with Gasteiger partial charge in [0.1, 0.15) is 5.82 Å².